The molecule has 0 saturated carbocycles. The molecule has 0 atom stereocenters. The third-order valence-corrected chi connectivity index (χ3v) is 6.51. The molecular formula is C24H21N3O4S2. The van der Waals surface area contributed by atoms with Crippen molar-refractivity contribution in [3.8, 4) is 27.6 Å². The van der Waals surface area contributed by atoms with E-state index < -0.39 is 5.97 Å². The number of ether oxygens (including phenoxy) is 2. The van der Waals surface area contributed by atoms with Crippen molar-refractivity contribution in [2.24, 2.45) is 0 Å². The standard InChI is InChI=1S/C24H21N3O4S2/c1-3-31-24(29)21-18(15-7-9-17(30-2)10-8-15)14-33-23(21)27-20(28)12-16-13-32-22(26-16)19-6-4-5-11-25-19/h4-11,13-14H,3,12H2,1-2H3,(H,27,28). The van der Waals surface area contributed by atoms with E-state index in [1.54, 1.807) is 20.2 Å². The number of carbonyl (C=O) groups is 2. The molecule has 0 saturated heterocycles. The zero-order chi connectivity index (χ0) is 23.2. The summed E-state index contributed by atoms with van der Waals surface area (Å²) in [5.41, 5.74) is 3.27. The molecule has 1 amide bonds. The summed E-state index contributed by atoms with van der Waals surface area (Å²) in [6.45, 7) is 1.98. The van der Waals surface area contributed by atoms with Gasteiger partial charge in [0.05, 0.1) is 31.5 Å². The summed E-state index contributed by atoms with van der Waals surface area (Å²) in [4.78, 5) is 34.3. The van der Waals surface area contributed by atoms with E-state index in [0.29, 0.717) is 27.6 Å². The van der Waals surface area contributed by atoms with Crippen LogP contribution in [0.5, 0.6) is 5.75 Å². The first-order valence-corrected chi connectivity index (χ1v) is 11.9. The zero-order valence-corrected chi connectivity index (χ0v) is 19.7. The predicted molar refractivity (Wildman–Crippen MR) is 130 cm³/mol. The summed E-state index contributed by atoms with van der Waals surface area (Å²) in [5.74, 6) is -0.0268. The monoisotopic (exact) mass is 479 g/mol. The second kappa shape index (κ2) is 10.4. The molecule has 1 N–H and O–H groups in total. The number of hydrogen-bond donors (Lipinski definition) is 1. The van der Waals surface area contributed by atoms with E-state index in [9.17, 15) is 9.59 Å². The van der Waals surface area contributed by atoms with Crippen molar-refractivity contribution in [3.05, 3.63) is 70.7 Å². The Morgan fingerprint density at radius 2 is 1.88 bits per heavy atom. The Hall–Kier alpha value is -3.56. The zero-order valence-electron chi connectivity index (χ0n) is 18.0. The van der Waals surface area contributed by atoms with E-state index in [4.69, 9.17) is 9.47 Å². The van der Waals surface area contributed by atoms with Gasteiger partial charge < -0.3 is 14.8 Å². The number of pyridine rings is 1. The van der Waals surface area contributed by atoms with Crippen LogP contribution in [0.25, 0.3) is 21.8 Å². The molecule has 0 bridgehead atoms. The number of thiophene rings is 1. The first-order valence-electron chi connectivity index (χ1n) is 10.2. The van der Waals surface area contributed by atoms with Crippen LogP contribution in [0.4, 0.5) is 5.00 Å². The van der Waals surface area contributed by atoms with Crippen molar-refractivity contribution in [3.63, 3.8) is 0 Å². The second-order valence-electron chi connectivity index (χ2n) is 6.89. The number of hydrogen-bond acceptors (Lipinski definition) is 8. The molecule has 3 heterocycles. The number of nitrogens with zero attached hydrogens (tertiary/aromatic N) is 2. The molecule has 0 aliphatic carbocycles. The topological polar surface area (TPSA) is 90.4 Å². The maximum absolute atomic E-state index is 12.8. The SMILES string of the molecule is CCOC(=O)c1c(-c2ccc(OC)cc2)csc1NC(=O)Cc1csc(-c2ccccn2)n1. The summed E-state index contributed by atoms with van der Waals surface area (Å²) >= 11 is 2.72. The lowest BCUT2D eigenvalue weighted by atomic mass is 10.0. The number of anilines is 1. The summed E-state index contributed by atoms with van der Waals surface area (Å²) in [6, 6.07) is 13.0. The highest BCUT2D eigenvalue weighted by molar-refractivity contribution is 7.15. The van der Waals surface area contributed by atoms with Gasteiger partial charge in [-0.3, -0.25) is 9.78 Å². The number of thiazole rings is 1. The van der Waals surface area contributed by atoms with Crippen LogP contribution in [0.2, 0.25) is 0 Å². The van der Waals surface area contributed by atoms with E-state index in [1.807, 2.05) is 53.2 Å². The minimum Gasteiger partial charge on any atom is -0.497 e. The van der Waals surface area contributed by atoms with Crippen LogP contribution in [-0.2, 0) is 16.0 Å². The normalized spacial score (nSPS) is 10.6. The molecule has 3 aromatic heterocycles. The van der Waals surface area contributed by atoms with Crippen LogP contribution >= 0.6 is 22.7 Å². The van der Waals surface area contributed by atoms with Crippen molar-refractivity contribution in [2.75, 3.05) is 19.0 Å². The molecule has 0 aliphatic rings. The van der Waals surface area contributed by atoms with Crippen molar-refractivity contribution >= 4 is 39.6 Å². The number of esters is 1. The maximum atomic E-state index is 12.8. The van der Waals surface area contributed by atoms with Crippen LogP contribution < -0.4 is 10.1 Å². The fourth-order valence-electron chi connectivity index (χ4n) is 3.17. The van der Waals surface area contributed by atoms with Crippen LogP contribution in [0.1, 0.15) is 23.0 Å². The largest absolute Gasteiger partial charge is 0.497 e. The van der Waals surface area contributed by atoms with Gasteiger partial charge >= 0.3 is 5.97 Å². The summed E-state index contributed by atoms with van der Waals surface area (Å²) in [7, 11) is 1.60. The minimum absolute atomic E-state index is 0.0847. The smallest absolute Gasteiger partial charge is 0.341 e. The van der Waals surface area contributed by atoms with E-state index in [0.717, 1.165) is 16.3 Å². The molecular weight excluding hydrogens is 458 g/mol. The molecule has 33 heavy (non-hydrogen) atoms. The van der Waals surface area contributed by atoms with Gasteiger partial charge in [0.15, 0.2) is 0 Å². The molecule has 0 unspecified atom stereocenters. The van der Waals surface area contributed by atoms with E-state index >= 15 is 0 Å². The van der Waals surface area contributed by atoms with E-state index in [2.05, 4.69) is 15.3 Å². The van der Waals surface area contributed by atoms with Crippen molar-refractivity contribution in [1.82, 2.24) is 9.97 Å². The number of methoxy groups -OCH3 is 1. The summed E-state index contributed by atoms with van der Waals surface area (Å²) in [6.07, 6.45) is 1.79. The molecule has 7 nitrogen and oxygen atoms in total. The molecule has 0 fully saturated rings. The summed E-state index contributed by atoms with van der Waals surface area (Å²) in [5, 5.41) is 7.74. The lowest BCUT2D eigenvalue weighted by molar-refractivity contribution is -0.115. The Kier molecular flexibility index (Phi) is 7.11. The van der Waals surface area contributed by atoms with Crippen molar-refractivity contribution < 1.29 is 19.1 Å². The number of nitrogens with one attached hydrogen (secondary N) is 1. The Morgan fingerprint density at radius 1 is 1.06 bits per heavy atom. The number of aromatic nitrogens is 2. The lowest BCUT2D eigenvalue weighted by Crippen LogP contribution is -2.16. The average molecular weight is 480 g/mol. The molecule has 0 aliphatic heterocycles. The predicted octanol–water partition coefficient (Wildman–Crippen LogP) is 5.30. The van der Waals surface area contributed by atoms with Crippen LogP contribution in [0, 0.1) is 0 Å². The molecule has 168 valence electrons. The van der Waals surface area contributed by atoms with Gasteiger partial charge in [-0.25, -0.2) is 9.78 Å². The van der Waals surface area contributed by atoms with Gasteiger partial charge in [-0.05, 0) is 36.8 Å². The van der Waals surface area contributed by atoms with Gasteiger partial charge in [0.2, 0.25) is 5.91 Å². The number of rotatable bonds is 8. The Labute approximate surface area is 199 Å². The number of amides is 1. The highest BCUT2D eigenvalue weighted by Crippen LogP contribution is 2.37. The van der Waals surface area contributed by atoms with E-state index in [1.165, 1.54) is 22.7 Å². The average Bonchev–Trinajstić information content (AvgIpc) is 3.47. The van der Waals surface area contributed by atoms with Gasteiger partial charge in [0, 0.05) is 22.5 Å². The molecule has 9 heteroatoms. The van der Waals surface area contributed by atoms with Crippen LogP contribution in [0.15, 0.2) is 59.4 Å². The maximum Gasteiger partial charge on any atom is 0.341 e. The molecule has 0 spiro atoms. The first-order chi connectivity index (χ1) is 16.1. The molecule has 4 rings (SSSR count). The van der Waals surface area contributed by atoms with Gasteiger partial charge in [-0.1, -0.05) is 18.2 Å². The van der Waals surface area contributed by atoms with Gasteiger partial charge in [-0.15, -0.1) is 22.7 Å². The Balaban J connectivity index is 1.54. The third kappa shape index (κ3) is 5.27. The van der Waals surface area contributed by atoms with Gasteiger partial charge in [-0.2, -0.15) is 0 Å². The Morgan fingerprint density at radius 3 is 2.58 bits per heavy atom. The fourth-order valence-corrected chi connectivity index (χ4v) is 4.94. The fraction of sp³-hybridized carbons (Fsp3) is 0.167. The highest BCUT2D eigenvalue weighted by atomic mass is 32.1. The van der Waals surface area contributed by atoms with Gasteiger partial charge in [0.25, 0.3) is 0 Å². The second-order valence-corrected chi connectivity index (χ2v) is 8.62. The lowest BCUT2D eigenvalue weighted by Gasteiger charge is -2.09. The Bertz CT molecular complexity index is 1250. The number of carbonyl (C=O) groups excluding carboxylic acids is 2. The van der Waals surface area contributed by atoms with Crippen LogP contribution in [0.3, 0.4) is 0 Å². The van der Waals surface area contributed by atoms with Crippen molar-refractivity contribution in [1.29, 1.82) is 0 Å². The number of benzene rings is 1. The van der Waals surface area contributed by atoms with Crippen molar-refractivity contribution in [2.45, 2.75) is 13.3 Å². The summed E-state index contributed by atoms with van der Waals surface area (Å²) < 4.78 is 10.5. The highest BCUT2D eigenvalue weighted by Gasteiger charge is 2.23. The molecule has 1 aromatic carbocycles. The molecule has 0 radical (unpaired) electrons. The van der Waals surface area contributed by atoms with E-state index in [-0.39, 0.29) is 18.9 Å². The first kappa shape index (κ1) is 22.6. The van der Waals surface area contributed by atoms with Crippen LogP contribution in [-0.4, -0.2) is 35.6 Å². The third-order valence-electron chi connectivity index (χ3n) is 4.70. The molecule has 4 aromatic rings. The quantitative estimate of drug-likeness (QED) is 0.345. The minimum atomic E-state index is -0.481. The van der Waals surface area contributed by atoms with Gasteiger partial charge in [0.1, 0.15) is 21.3 Å².